The molecule has 5 nitrogen and oxygen atoms in total. The number of carbonyl (C=O) groups excluding carboxylic acids is 1. The summed E-state index contributed by atoms with van der Waals surface area (Å²) in [5, 5.41) is 12.9. The number of aromatic hydroxyl groups is 1. The number of ether oxygens (including phenoxy) is 2. The molecule has 0 aromatic heterocycles. The Morgan fingerprint density at radius 1 is 1.19 bits per heavy atom. The maximum atomic E-state index is 11.7. The van der Waals surface area contributed by atoms with E-state index in [4.69, 9.17) is 9.47 Å². The van der Waals surface area contributed by atoms with E-state index in [1.807, 2.05) is 12.1 Å². The lowest BCUT2D eigenvalue weighted by atomic mass is 10.1. The van der Waals surface area contributed by atoms with E-state index in [2.05, 4.69) is 5.32 Å². The number of rotatable bonds is 5. The van der Waals surface area contributed by atoms with E-state index in [1.165, 1.54) is 14.2 Å². The topological polar surface area (TPSA) is 67.8 Å². The van der Waals surface area contributed by atoms with Gasteiger partial charge in [0, 0.05) is 18.3 Å². The van der Waals surface area contributed by atoms with Crippen LogP contribution < -0.4 is 10.1 Å². The lowest BCUT2D eigenvalue weighted by molar-refractivity contribution is 0.0599. The van der Waals surface area contributed by atoms with Crippen molar-refractivity contribution in [3.63, 3.8) is 0 Å². The first-order valence-electron chi connectivity index (χ1n) is 6.42. The molecule has 0 saturated heterocycles. The fourth-order valence-corrected chi connectivity index (χ4v) is 1.98. The Morgan fingerprint density at radius 2 is 1.95 bits per heavy atom. The normalized spacial score (nSPS) is 10.0. The number of benzene rings is 2. The van der Waals surface area contributed by atoms with Gasteiger partial charge < -0.3 is 19.9 Å². The first kappa shape index (κ1) is 14.7. The van der Waals surface area contributed by atoms with Crippen LogP contribution in [0.3, 0.4) is 0 Å². The molecule has 0 bridgehead atoms. The van der Waals surface area contributed by atoms with Crippen molar-refractivity contribution in [1.29, 1.82) is 0 Å². The summed E-state index contributed by atoms with van der Waals surface area (Å²) in [5.41, 5.74) is 2.07. The van der Waals surface area contributed by atoms with Crippen molar-refractivity contribution < 1.29 is 19.4 Å². The number of phenolic OH excluding ortho intramolecular Hbond substituents is 1. The molecule has 5 heteroatoms. The minimum Gasteiger partial charge on any atom is -0.504 e. The summed E-state index contributed by atoms with van der Waals surface area (Å²) in [5.74, 6) is 0.101. The predicted molar refractivity (Wildman–Crippen MR) is 79.8 cm³/mol. The van der Waals surface area contributed by atoms with Crippen LogP contribution >= 0.6 is 0 Å². The van der Waals surface area contributed by atoms with Gasteiger partial charge in [0.15, 0.2) is 11.5 Å². The largest absolute Gasteiger partial charge is 0.504 e. The average Bonchev–Trinajstić information content (AvgIpc) is 2.52. The SMILES string of the molecule is COC(=O)c1ccccc1CNc1ccc(OC)c(O)c1. The molecule has 0 heterocycles. The van der Waals surface area contributed by atoms with Crippen molar-refractivity contribution >= 4 is 11.7 Å². The molecule has 2 aromatic carbocycles. The van der Waals surface area contributed by atoms with Gasteiger partial charge in [0.2, 0.25) is 0 Å². The van der Waals surface area contributed by atoms with Crippen molar-refractivity contribution in [2.75, 3.05) is 19.5 Å². The van der Waals surface area contributed by atoms with Crippen LogP contribution in [-0.2, 0) is 11.3 Å². The molecule has 0 unspecified atom stereocenters. The van der Waals surface area contributed by atoms with Gasteiger partial charge in [0.25, 0.3) is 0 Å². The number of anilines is 1. The molecule has 0 radical (unpaired) electrons. The molecule has 0 fully saturated rings. The molecule has 2 N–H and O–H groups in total. The van der Waals surface area contributed by atoms with E-state index in [-0.39, 0.29) is 11.7 Å². The van der Waals surface area contributed by atoms with Gasteiger partial charge in [-0.25, -0.2) is 4.79 Å². The summed E-state index contributed by atoms with van der Waals surface area (Å²) in [7, 11) is 2.85. The Labute approximate surface area is 123 Å². The Kier molecular flexibility index (Phi) is 4.66. The third-order valence-corrected chi connectivity index (χ3v) is 3.08. The van der Waals surface area contributed by atoms with Gasteiger partial charge in [0.05, 0.1) is 19.8 Å². The number of esters is 1. The lowest BCUT2D eigenvalue weighted by Gasteiger charge is -2.11. The highest BCUT2D eigenvalue weighted by Crippen LogP contribution is 2.28. The highest BCUT2D eigenvalue weighted by atomic mass is 16.5. The molecule has 0 aliphatic rings. The second-order valence-corrected chi connectivity index (χ2v) is 4.39. The van der Waals surface area contributed by atoms with Crippen molar-refractivity contribution in [3.05, 3.63) is 53.6 Å². The van der Waals surface area contributed by atoms with Crippen LogP contribution in [0.15, 0.2) is 42.5 Å². The van der Waals surface area contributed by atoms with Crippen LogP contribution in [0.4, 0.5) is 5.69 Å². The third-order valence-electron chi connectivity index (χ3n) is 3.08. The van der Waals surface area contributed by atoms with Crippen molar-refractivity contribution in [3.8, 4) is 11.5 Å². The van der Waals surface area contributed by atoms with Crippen LogP contribution in [0.1, 0.15) is 15.9 Å². The van der Waals surface area contributed by atoms with Crippen molar-refractivity contribution in [1.82, 2.24) is 0 Å². The predicted octanol–water partition coefficient (Wildman–Crippen LogP) is 2.80. The number of methoxy groups -OCH3 is 2. The van der Waals surface area contributed by atoms with E-state index in [0.29, 0.717) is 17.9 Å². The Balaban J connectivity index is 2.13. The van der Waals surface area contributed by atoms with Gasteiger partial charge in [-0.3, -0.25) is 0 Å². The molecule has 0 spiro atoms. The van der Waals surface area contributed by atoms with Crippen LogP contribution in [-0.4, -0.2) is 25.3 Å². The third kappa shape index (κ3) is 3.45. The summed E-state index contributed by atoms with van der Waals surface area (Å²) in [6.07, 6.45) is 0. The lowest BCUT2D eigenvalue weighted by Crippen LogP contribution is -2.09. The van der Waals surface area contributed by atoms with Gasteiger partial charge in [-0.05, 0) is 23.8 Å². The van der Waals surface area contributed by atoms with E-state index >= 15 is 0 Å². The standard InChI is InChI=1S/C16H17NO4/c1-20-15-8-7-12(9-14(15)18)17-10-11-5-3-4-6-13(11)16(19)21-2/h3-9,17-18H,10H2,1-2H3. The Hall–Kier alpha value is -2.69. The number of hydrogen-bond donors (Lipinski definition) is 2. The molecule has 21 heavy (non-hydrogen) atoms. The fourth-order valence-electron chi connectivity index (χ4n) is 1.98. The molecule has 0 aliphatic carbocycles. The first-order chi connectivity index (χ1) is 10.2. The van der Waals surface area contributed by atoms with Gasteiger partial charge in [-0.15, -0.1) is 0 Å². The fraction of sp³-hybridized carbons (Fsp3) is 0.188. The van der Waals surface area contributed by atoms with Crippen LogP contribution in [0.25, 0.3) is 0 Å². The van der Waals surface area contributed by atoms with Gasteiger partial charge in [0.1, 0.15) is 0 Å². The summed E-state index contributed by atoms with van der Waals surface area (Å²) >= 11 is 0. The highest BCUT2D eigenvalue weighted by molar-refractivity contribution is 5.91. The second kappa shape index (κ2) is 6.65. The number of carbonyl (C=O) groups is 1. The summed E-state index contributed by atoms with van der Waals surface area (Å²) in [6.45, 7) is 0.442. The van der Waals surface area contributed by atoms with Crippen LogP contribution in [0.2, 0.25) is 0 Å². The zero-order valence-electron chi connectivity index (χ0n) is 11.9. The highest BCUT2D eigenvalue weighted by Gasteiger charge is 2.10. The molecule has 0 saturated carbocycles. The second-order valence-electron chi connectivity index (χ2n) is 4.39. The summed E-state index contributed by atoms with van der Waals surface area (Å²) in [4.78, 5) is 11.7. The molecule has 110 valence electrons. The van der Waals surface area contributed by atoms with Crippen LogP contribution in [0.5, 0.6) is 11.5 Å². The number of nitrogens with one attached hydrogen (secondary N) is 1. The first-order valence-corrected chi connectivity index (χ1v) is 6.42. The van der Waals surface area contributed by atoms with Crippen molar-refractivity contribution in [2.45, 2.75) is 6.54 Å². The van der Waals surface area contributed by atoms with E-state index in [1.54, 1.807) is 30.3 Å². The van der Waals surface area contributed by atoms with Gasteiger partial charge >= 0.3 is 5.97 Å². The molecule has 0 atom stereocenters. The molecule has 0 amide bonds. The molecular weight excluding hydrogens is 270 g/mol. The Bertz CT molecular complexity index is 640. The molecule has 2 aromatic rings. The smallest absolute Gasteiger partial charge is 0.338 e. The quantitative estimate of drug-likeness (QED) is 0.828. The molecular formula is C16H17NO4. The van der Waals surface area contributed by atoms with E-state index in [9.17, 15) is 9.90 Å². The zero-order valence-corrected chi connectivity index (χ0v) is 11.9. The van der Waals surface area contributed by atoms with E-state index < -0.39 is 0 Å². The Morgan fingerprint density at radius 3 is 2.62 bits per heavy atom. The van der Waals surface area contributed by atoms with Gasteiger partial charge in [-0.1, -0.05) is 18.2 Å². The molecule has 2 rings (SSSR count). The van der Waals surface area contributed by atoms with Crippen LogP contribution in [0, 0.1) is 0 Å². The zero-order chi connectivity index (χ0) is 15.2. The minimum absolute atomic E-state index is 0.0590. The maximum Gasteiger partial charge on any atom is 0.338 e. The molecule has 0 aliphatic heterocycles. The number of phenols is 1. The van der Waals surface area contributed by atoms with E-state index in [0.717, 1.165) is 11.3 Å². The maximum absolute atomic E-state index is 11.7. The summed E-state index contributed by atoms with van der Waals surface area (Å²) < 4.78 is 9.74. The monoisotopic (exact) mass is 287 g/mol. The number of hydrogen-bond acceptors (Lipinski definition) is 5. The minimum atomic E-state index is -0.370. The summed E-state index contributed by atoms with van der Waals surface area (Å²) in [6, 6.07) is 12.2. The van der Waals surface area contributed by atoms with Gasteiger partial charge in [-0.2, -0.15) is 0 Å². The van der Waals surface area contributed by atoms with Crippen molar-refractivity contribution in [2.24, 2.45) is 0 Å². The average molecular weight is 287 g/mol.